The Morgan fingerprint density at radius 2 is 2.12 bits per heavy atom. The molecule has 3 N–H and O–H groups in total. The topological polar surface area (TPSA) is 91.3 Å². The number of carbonyl (C=O) groups is 2. The molecule has 0 atom stereocenters. The lowest BCUT2D eigenvalue weighted by atomic mass is 10.3. The first kappa shape index (κ1) is 13.4. The van der Waals surface area contributed by atoms with E-state index in [0.717, 1.165) is 5.01 Å². The van der Waals surface area contributed by atoms with Gasteiger partial charge in [-0.15, -0.1) is 11.3 Å². The lowest BCUT2D eigenvalue weighted by Crippen LogP contribution is -2.37. The van der Waals surface area contributed by atoms with Gasteiger partial charge in [-0.25, -0.2) is 9.78 Å². The van der Waals surface area contributed by atoms with Crippen LogP contribution in [0.25, 0.3) is 0 Å². The van der Waals surface area contributed by atoms with E-state index in [1.807, 2.05) is 5.38 Å². The van der Waals surface area contributed by atoms with Crippen LogP contribution in [0.5, 0.6) is 0 Å². The standard InChI is InChI=1S/C10H15N3O3S/c14-9(15)2-1-4-12-10(16)13-5-3-8-11-6-7-17-8/h6-7H,1-5H2,(H,14,15)(H2,12,13,16). The van der Waals surface area contributed by atoms with Crippen molar-refractivity contribution in [3.05, 3.63) is 16.6 Å². The van der Waals surface area contributed by atoms with Crippen LogP contribution in [0.4, 0.5) is 4.79 Å². The molecule has 0 aliphatic heterocycles. The molecule has 0 aromatic carbocycles. The first-order chi connectivity index (χ1) is 8.18. The number of amides is 2. The van der Waals surface area contributed by atoms with E-state index in [2.05, 4.69) is 15.6 Å². The van der Waals surface area contributed by atoms with Gasteiger partial charge in [0.1, 0.15) is 0 Å². The predicted molar refractivity (Wildman–Crippen MR) is 64.1 cm³/mol. The summed E-state index contributed by atoms with van der Waals surface area (Å²) < 4.78 is 0. The number of hydrogen-bond acceptors (Lipinski definition) is 4. The third-order valence-corrected chi connectivity index (χ3v) is 2.80. The minimum Gasteiger partial charge on any atom is -0.481 e. The summed E-state index contributed by atoms with van der Waals surface area (Å²) in [6, 6.07) is -0.271. The van der Waals surface area contributed by atoms with Gasteiger partial charge >= 0.3 is 12.0 Å². The Bertz CT molecular complexity index is 354. The molecule has 6 nitrogen and oxygen atoms in total. The molecular formula is C10H15N3O3S. The van der Waals surface area contributed by atoms with Crippen LogP contribution < -0.4 is 10.6 Å². The number of carboxylic acid groups (broad SMARTS) is 1. The van der Waals surface area contributed by atoms with Gasteiger partial charge in [0.25, 0.3) is 0 Å². The smallest absolute Gasteiger partial charge is 0.314 e. The van der Waals surface area contributed by atoms with Crippen LogP contribution in [0.15, 0.2) is 11.6 Å². The van der Waals surface area contributed by atoms with Crippen LogP contribution in [0, 0.1) is 0 Å². The minimum atomic E-state index is -0.851. The zero-order valence-electron chi connectivity index (χ0n) is 9.31. The van der Waals surface area contributed by atoms with Crippen LogP contribution in [-0.2, 0) is 11.2 Å². The monoisotopic (exact) mass is 257 g/mol. The summed E-state index contributed by atoms with van der Waals surface area (Å²) in [4.78, 5) is 25.5. The number of hydrogen-bond donors (Lipinski definition) is 3. The van der Waals surface area contributed by atoms with E-state index in [-0.39, 0.29) is 12.5 Å². The number of aliphatic carboxylic acids is 1. The van der Waals surface area contributed by atoms with Crippen molar-refractivity contribution in [3.63, 3.8) is 0 Å². The second-order valence-corrected chi connectivity index (χ2v) is 4.33. The number of nitrogens with zero attached hydrogens (tertiary/aromatic N) is 1. The largest absolute Gasteiger partial charge is 0.481 e. The molecular weight excluding hydrogens is 242 g/mol. The maximum absolute atomic E-state index is 11.2. The number of rotatable bonds is 7. The van der Waals surface area contributed by atoms with Gasteiger partial charge in [0.2, 0.25) is 0 Å². The Morgan fingerprint density at radius 3 is 2.76 bits per heavy atom. The molecule has 0 saturated carbocycles. The molecule has 0 aliphatic carbocycles. The van der Waals surface area contributed by atoms with Crippen LogP contribution in [-0.4, -0.2) is 35.2 Å². The summed E-state index contributed by atoms with van der Waals surface area (Å²) in [7, 11) is 0. The average molecular weight is 257 g/mol. The number of urea groups is 1. The SMILES string of the molecule is O=C(O)CCCNC(=O)NCCc1nccs1. The number of nitrogens with one attached hydrogen (secondary N) is 2. The van der Waals surface area contributed by atoms with E-state index in [9.17, 15) is 9.59 Å². The van der Waals surface area contributed by atoms with Gasteiger partial charge in [0.05, 0.1) is 5.01 Å². The third kappa shape index (κ3) is 6.52. The van der Waals surface area contributed by atoms with Gasteiger partial charge in [-0.1, -0.05) is 0 Å². The van der Waals surface area contributed by atoms with Crippen molar-refractivity contribution < 1.29 is 14.7 Å². The Labute approximate surface area is 103 Å². The predicted octanol–water partition coefficient (Wildman–Crippen LogP) is 0.850. The molecule has 0 unspecified atom stereocenters. The Morgan fingerprint density at radius 1 is 1.35 bits per heavy atom. The molecule has 1 aromatic heterocycles. The Hall–Kier alpha value is -1.63. The number of thiazole rings is 1. The fourth-order valence-corrected chi connectivity index (χ4v) is 1.78. The molecule has 1 heterocycles. The van der Waals surface area contributed by atoms with E-state index in [1.54, 1.807) is 17.5 Å². The Balaban J connectivity index is 1.99. The highest BCUT2D eigenvalue weighted by molar-refractivity contribution is 7.09. The quantitative estimate of drug-likeness (QED) is 0.631. The molecule has 0 saturated heterocycles. The minimum absolute atomic E-state index is 0.0688. The van der Waals surface area contributed by atoms with Gasteiger partial charge in [0, 0.05) is 37.5 Å². The highest BCUT2D eigenvalue weighted by Gasteiger charge is 2.01. The number of aromatic nitrogens is 1. The fourth-order valence-electron chi connectivity index (χ4n) is 1.16. The van der Waals surface area contributed by atoms with Gasteiger partial charge in [-0.2, -0.15) is 0 Å². The molecule has 0 spiro atoms. The second-order valence-electron chi connectivity index (χ2n) is 3.36. The van der Waals surface area contributed by atoms with Gasteiger partial charge in [-0.3, -0.25) is 4.79 Å². The van der Waals surface area contributed by atoms with Crippen molar-refractivity contribution in [3.8, 4) is 0 Å². The van der Waals surface area contributed by atoms with Crippen molar-refractivity contribution in [2.45, 2.75) is 19.3 Å². The zero-order chi connectivity index (χ0) is 12.5. The van der Waals surface area contributed by atoms with Gasteiger partial charge in [-0.05, 0) is 6.42 Å². The van der Waals surface area contributed by atoms with Crippen molar-refractivity contribution in [1.82, 2.24) is 15.6 Å². The molecule has 94 valence electrons. The molecule has 0 bridgehead atoms. The molecule has 0 aliphatic rings. The van der Waals surface area contributed by atoms with Crippen molar-refractivity contribution in [2.24, 2.45) is 0 Å². The summed E-state index contributed by atoms with van der Waals surface area (Å²) >= 11 is 1.55. The zero-order valence-corrected chi connectivity index (χ0v) is 10.1. The first-order valence-corrected chi connectivity index (χ1v) is 6.18. The van der Waals surface area contributed by atoms with Gasteiger partial charge < -0.3 is 15.7 Å². The molecule has 17 heavy (non-hydrogen) atoms. The highest BCUT2D eigenvalue weighted by Crippen LogP contribution is 2.03. The molecule has 7 heteroatoms. The second kappa shape index (κ2) is 7.61. The van der Waals surface area contributed by atoms with E-state index in [0.29, 0.717) is 25.9 Å². The lowest BCUT2D eigenvalue weighted by Gasteiger charge is -2.05. The molecule has 0 fully saturated rings. The van der Waals surface area contributed by atoms with Gasteiger partial charge in [0.15, 0.2) is 0 Å². The Kier molecular flexibility index (Phi) is 6.02. The molecule has 0 radical (unpaired) electrons. The van der Waals surface area contributed by atoms with Crippen molar-refractivity contribution >= 4 is 23.3 Å². The molecule has 1 aromatic rings. The summed E-state index contributed by atoms with van der Waals surface area (Å²) in [6.45, 7) is 0.896. The summed E-state index contributed by atoms with van der Waals surface area (Å²) in [6.07, 6.45) is 2.95. The average Bonchev–Trinajstić information content (AvgIpc) is 2.77. The lowest BCUT2D eigenvalue weighted by molar-refractivity contribution is -0.137. The van der Waals surface area contributed by atoms with Crippen LogP contribution >= 0.6 is 11.3 Å². The van der Waals surface area contributed by atoms with E-state index in [1.165, 1.54) is 0 Å². The first-order valence-electron chi connectivity index (χ1n) is 5.30. The van der Waals surface area contributed by atoms with E-state index >= 15 is 0 Å². The molecule has 2 amide bonds. The van der Waals surface area contributed by atoms with E-state index in [4.69, 9.17) is 5.11 Å². The summed E-state index contributed by atoms with van der Waals surface area (Å²) in [5.74, 6) is -0.851. The third-order valence-electron chi connectivity index (χ3n) is 1.96. The van der Waals surface area contributed by atoms with Crippen LogP contribution in [0.3, 0.4) is 0 Å². The fraction of sp³-hybridized carbons (Fsp3) is 0.500. The number of carbonyl (C=O) groups excluding carboxylic acids is 1. The number of carboxylic acids is 1. The summed E-state index contributed by atoms with van der Waals surface area (Å²) in [5.41, 5.74) is 0. The highest BCUT2D eigenvalue weighted by atomic mass is 32.1. The van der Waals surface area contributed by atoms with Crippen LogP contribution in [0.1, 0.15) is 17.8 Å². The maximum Gasteiger partial charge on any atom is 0.314 e. The van der Waals surface area contributed by atoms with Crippen molar-refractivity contribution in [2.75, 3.05) is 13.1 Å². The van der Waals surface area contributed by atoms with Crippen molar-refractivity contribution in [1.29, 1.82) is 0 Å². The molecule has 1 rings (SSSR count). The van der Waals surface area contributed by atoms with Crippen LogP contribution in [0.2, 0.25) is 0 Å². The summed E-state index contributed by atoms with van der Waals surface area (Å²) in [5, 5.41) is 16.5. The normalized spacial score (nSPS) is 9.88. The maximum atomic E-state index is 11.2. The van der Waals surface area contributed by atoms with E-state index < -0.39 is 5.97 Å².